The van der Waals surface area contributed by atoms with Crippen LogP contribution in [-0.4, -0.2) is 18.5 Å². The van der Waals surface area contributed by atoms with E-state index in [1.54, 1.807) is 0 Å². The van der Waals surface area contributed by atoms with Crippen molar-refractivity contribution in [2.24, 2.45) is 11.7 Å². The van der Waals surface area contributed by atoms with Gasteiger partial charge in [-0.2, -0.15) is 0 Å². The van der Waals surface area contributed by atoms with Crippen molar-refractivity contribution in [2.45, 2.75) is 45.1 Å². The van der Waals surface area contributed by atoms with Gasteiger partial charge < -0.3 is 11.1 Å². The molecular weight excluding hydrogens is 316 g/mol. The summed E-state index contributed by atoms with van der Waals surface area (Å²) in [6, 6.07) is 6.54. The minimum Gasteiger partial charge on any atom is -0.353 e. The highest BCUT2D eigenvalue weighted by molar-refractivity contribution is 9.10. The Morgan fingerprint density at radius 2 is 2.25 bits per heavy atom. The zero-order valence-electron chi connectivity index (χ0n) is 12.0. The van der Waals surface area contributed by atoms with Crippen molar-refractivity contribution in [3.05, 3.63) is 33.8 Å². The van der Waals surface area contributed by atoms with E-state index < -0.39 is 0 Å². The molecule has 1 aromatic carbocycles. The monoisotopic (exact) mass is 338 g/mol. The molecule has 2 atom stereocenters. The van der Waals surface area contributed by atoms with Crippen LogP contribution in [0.25, 0.3) is 0 Å². The van der Waals surface area contributed by atoms with E-state index in [9.17, 15) is 4.79 Å². The van der Waals surface area contributed by atoms with E-state index in [0.717, 1.165) is 23.7 Å². The molecule has 1 aliphatic rings. The quantitative estimate of drug-likeness (QED) is 0.867. The lowest BCUT2D eigenvalue weighted by Gasteiger charge is -2.19. The Bertz CT molecular complexity index is 476. The van der Waals surface area contributed by atoms with Gasteiger partial charge in [-0.3, -0.25) is 4.79 Å². The van der Waals surface area contributed by atoms with Crippen molar-refractivity contribution in [3.63, 3.8) is 0 Å². The van der Waals surface area contributed by atoms with Crippen LogP contribution in [0.2, 0.25) is 0 Å². The molecule has 1 fully saturated rings. The Balaban J connectivity index is 1.81. The summed E-state index contributed by atoms with van der Waals surface area (Å²) in [5.74, 6) is 0.616. The molecule has 0 heterocycles. The molecule has 110 valence electrons. The van der Waals surface area contributed by atoms with Gasteiger partial charge in [0.25, 0.3) is 0 Å². The molecule has 0 saturated heterocycles. The molecule has 0 aromatic heterocycles. The van der Waals surface area contributed by atoms with E-state index in [2.05, 4.69) is 40.3 Å². The number of rotatable bonds is 5. The second kappa shape index (κ2) is 7.23. The second-order valence-electron chi connectivity index (χ2n) is 5.68. The van der Waals surface area contributed by atoms with Crippen molar-refractivity contribution in [1.82, 2.24) is 5.32 Å². The summed E-state index contributed by atoms with van der Waals surface area (Å²) >= 11 is 3.49. The molecule has 0 spiro atoms. The lowest BCUT2D eigenvalue weighted by molar-refractivity contribution is -0.122. The van der Waals surface area contributed by atoms with Gasteiger partial charge in [0.2, 0.25) is 5.91 Å². The Labute approximate surface area is 129 Å². The van der Waals surface area contributed by atoms with Gasteiger partial charge in [-0.15, -0.1) is 0 Å². The predicted octanol–water partition coefficient (Wildman–Crippen LogP) is 2.93. The van der Waals surface area contributed by atoms with Crippen LogP contribution < -0.4 is 11.1 Å². The minimum atomic E-state index is 0.149. The molecule has 2 unspecified atom stereocenters. The normalized spacial score (nSPS) is 21.9. The van der Waals surface area contributed by atoms with Crippen LogP contribution in [-0.2, 0) is 11.2 Å². The van der Waals surface area contributed by atoms with Crippen LogP contribution in [0.4, 0.5) is 0 Å². The number of hydrogen-bond acceptors (Lipinski definition) is 2. The van der Waals surface area contributed by atoms with E-state index in [1.807, 2.05) is 6.07 Å². The third kappa shape index (κ3) is 4.06. The fraction of sp³-hybridized carbons (Fsp3) is 0.562. The molecule has 20 heavy (non-hydrogen) atoms. The van der Waals surface area contributed by atoms with Crippen molar-refractivity contribution < 1.29 is 4.79 Å². The second-order valence-corrected chi connectivity index (χ2v) is 6.54. The summed E-state index contributed by atoms with van der Waals surface area (Å²) in [4.78, 5) is 12.0. The number of amides is 1. The molecule has 0 aliphatic heterocycles. The van der Waals surface area contributed by atoms with Crippen LogP contribution in [0.1, 0.15) is 36.8 Å². The Morgan fingerprint density at radius 1 is 1.45 bits per heavy atom. The molecule has 2 rings (SSSR count). The zero-order chi connectivity index (χ0) is 14.5. The van der Waals surface area contributed by atoms with Crippen LogP contribution in [0.15, 0.2) is 22.7 Å². The highest BCUT2D eigenvalue weighted by atomic mass is 79.9. The number of nitrogens with one attached hydrogen (secondary N) is 1. The molecule has 1 saturated carbocycles. The summed E-state index contributed by atoms with van der Waals surface area (Å²) in [6.07, 6.45) is 4.74. The summed E-state index contributed by atoms with van der Waals surface area (Å²) in [5, 5.41) is 3.15. The molecule has 1 aliphatic carbocycles. The fourth-order valence-electron chi connectivity index (χ4n) is 2.91. The SMILES string of the molecule is Cc1cc(CCC(=O)NC2CCCC2CN)ccc1Br. The minimum absolute atomic E-state index is 0.149. The molecule has 1 aromatic rings. The molecular formula is C16H23BrN2O. The Morgan fingerprint density at radius 3 is 2.95 bits per heavy atom. The Hall–Kier alpha value is -0.870. The van der Waals surface area contributed by atoms with Crippen LogP contribution in [0.5, 0.6) is 0 Å². The predicted molar refractivity (Wildman–Crippen MR) is 85.5 cm³/mol. The molecule has 0 radical (unpaired) electrons. The average Bonchev–Trinajstić information content (AvgIpc) is 2.87. The van der Waals surface area contributed by atoms with E-state index in [4.69, 9.17) is 5.73 Å². The van der Waals surface area contributed by atoms with Gasteiger partial charge in [0.1, 0.15) is 0 Å². The van der Waals surface area contributed by atoms with Gasteiger partial charge in [0.05, 0.1) is 0 Å². The molecule has 4 heteroatoms. The van der Waals surface area contributed by atoms with E-state index in [1.165, 1.54) is 17.5 Å². The molecule has 0 bridgehead atoms. The standard InChI is InChI=1S/C16H23BrN2O/c1-11-9-12(5-7-14(11)17)6-8-16(20)19-15-4-2-3-13(15)10-18/h5,7,9,13,15H,2-4,6,8,10,18H2,1H3,(H,19,20). The lowest BCUT2D eigenvalue weighted by Crippen LogP contribution is -2.39. The van der Waals surface area contributed by atoms with Gasteiger partial charge in [-0.25, -0.2) is 0 Å². The van der Waals surface area contributed by atoms with Gasteiger partial charge in [0, 0.05) is 16.9 Å². The van der Waals surface area contributed by atoms with Crippen molar-refractivity contribution in [2.75, 3.05) is 6.54 Å². The first-order chi connectivity index (χ1) is 9.60. The zero-order valence-corrected chi connectivity index (χ0v) is 13.6. The first-order valence-electron chi connectivity index (χ1n) is 7.34. The lowest BCUT2D eigenvalue weighted by atomic mass is 10.0. The van der Waals surface area contributed by atoms with E-state index >= 15 is 0 Å². The van der Waals surface area contributed by atoms with Crippen molar-refractivity contribution in [1.29, 1.82) is 0 Å². The molecule has 1 amide bonds. The van der Waals surface area contributed by atoms with Crippen molar-refractivity contribution >= 4 is 21.8 Å². The summed E-state index contributed by atoms with van der Waals surface area (Å²) in [7, 11) is 0. The molecule has 3 nitrogen and oxygen atoms in total. The maximum absolute atomic E-state index is 12.0. The maximum atomic E-state index is 12.0. The number of benzene rings is 1. The average molecular weight is 339 g/mol. The topological polar surface area (TPSA) is 55.1 Å². The van der Waals surface area contributed by atoms with Gasteiger partial charge >= 0.3 is 0 Å². The first kappa shape index (κ1) is 15.5. The number of carbonyl (C=O) groups is 1. The Kier molecular flexibility index (Phi) is 5.61. The highest BCUT2D eigenvalue weighted by Crippen LogP contribution is 2.24. The first-order valence-corrected chi connectivity index (χ1v) is 8.14. The summed E-state index contributed by atoms with van der Waals surface area (Å²) < 4.78 is 1.11. The number of hydrogen-bond donors (Lipinski definition) is 2. The van der Waals surface area contributed by atoms with Crippen LogP contribution >= 0.6 is 15.9 Å². The largest absolute Gasteiger partial charge is 0.353 e. The number of aryl methyl sites for hydroxylation is 2. The van der Waals surface area contributed by atoms with Gasteiger partial charge in [-0.1, -0.05) is 34.5 Å². The molecule has 3 N–H and O–H groups in total. The number of halogens is 1. The van der Waals surface area contributed by atoms with Crippen molar-refractivity contribution in [3.8, 4) is 0 Å². The van der Waals surface area contributed by atoms with E-state index in [0.29, 0.717) is 24.9 Å². The summed E-state index contributed by atoms with van der Waals surface area (Å²) in [5.41, 5.74) is 8.16. The van der Waals surface area contributed by atoms with Gasteiger partial charge in [-0.05, 0) is 55.8 Å². The third-order valence-corrected chi connectivity index (χ3v) is 5.06. The maximum Gasteiger partial charge on any atom is 0.220 e. The highest BCUT2D eigenvalue weighted by Gasteiger charge is 2.26. The number of nitrogens with two attached hydrogens (primary N) is 1. The van der Waals surface area contributed by atoms with Crippen LogP contribution in [0, 0.1) is 12.8 Å². The van der Waals surface area contributed by atoms with Gasteiger partial charge in [0.15, 0.2) is 0 Å². The smallest absolute Gasteiger partial charge is 0.220 e. The van der Waals surface area contributed by atoms with Crippen LogP contribution in [0.3, 0.4) is 0 Å². The number of carbonyl (C=O) groups excluding carboxylic acids is 1. The summed E-state index contributed by atoms with van der Waals surface area (Å²) in [6.45, 7) is 2.74. The third-order valence-electron chi connectivity index (χ3n) is 4.17. The van der Waals surface area contributed by atoms with E-state index in [-0.39, 0.29) is 5.91 Å². The fourth-order valence-corrected chi connectivity index (χ4v) is 3.15.